The first kappa shape index (κ1) is 22.7. The summed E-state index contributed by atoms with van der Waals surface area (Å²) in [5.74, 6) is 2.30. The number of guanidine groups is 1. The molecule has 7 heteroatoms. The van der Waals surface area contributed by atoms with Crippen molar-refractivity contribution in [1.29, 1.82) is 0 Å². The van der Waals surface area contributed by atoms with Crippen LogP contribution in [0.5, 0.6) is 5.75 Å². The largest absolute Gasteiger partial charge is 0.495 e. The van der Waals surface area contributed by atoms with Crippen molar-refractivity contribution in [2.24, 2.45) is 10.9 Å². The number of hydrogen-bond donors (Lipinski definition) is 2. The molecule has 1 atom stereocenters. The maximum atomic E-state index is 5.54. The van der Waals surface area contributed by atoms with Crippen LogP contribution in [0.3, 0.4) is 0 Å². The molecular formula is C26H34N6O. The zero-order chi connectivity index (χ0) is 23.2. The van der Waals surface area contributed by atoms with Gasteiger partial charge in [-0.3, -0.25) is 4.99 Å². The molecule has 1 aliphatic rings. The summed E-state index contributed by atoms with van der Waals surface area (Å²) in [6.07, 6.45) is 1.14. The van der Waals surface area contributed by atoms with Crippen LogP contribution in [0.15, 0.2) is 59.6 Å². The Bertz CT molecular complexity index is 1110. The van der Waals surface area contributed by atoms with E-state index in [0.717, 1.165) is 54.8 Å². The van der Waals surface area contributed by atoms with E-state index in [4.69, 9.17) is 4.74 Å². The first-order valence-electron chi connectivity index (χ1n) is 11.5. The molecule has 0 radical (unpaired) electrons. The number of aromatic nitrogens is 2. The number of aryl methyl sites for hydroxylation is 2. The van der Waals surface area contributed by atoms with Crippen LogP contribution in [0, 0.1) is 19.8 Å². The fourth-order valence-electron chi connectivity index (χ4n) is 4.49. The highest BCUT2D eigenvalue weighted by atomic mass is 16.5. The van der Waals surface area contributed by atoms with Gasteiger partial charge in [0.25, 0.3) is 0 Å². The monoisotopic (exact) mass is 446 g/mol. The predicted octanol–water partition coefficient (Wildman–Crippen LogP) is 3.69. The summed E-state index contributed by atoms with van der Waals surface area (Å²) in [5, 5.41) is 11.6. The normalized spacial score (nSPS) is 16.2. The molecule has 0 saturated carbocycles. The van der Waals surface area contributed by atoms with Gasteiger partial charge in [-0.15, -0.1) is 0 Å². The maximum absolute atomic E-state index is 5.54. The van der Waals surface area contributed by atoms with Crippen LogP contribution in [0.4, 0.5) is 5.69 Å². The first-order valence-corrected chi connectivity index (χ1v) is 11.5. The second-order valence-electron chi connectivity index (χ2n) is 8.55. The number of para-hydroxylation sites is 3. The molecule has 0 amide bonds. The summed E-state index contributed by atoms with van der Waals surface area (Å²) in [6.45, 7) is 7.70. The molecular weight excluding hydrogens is 412 g/mol. The Morgan fingerprint density at radius 1 is 1.09 bits per heavy atom. The summed E-state index contributed by atoms with van der Waals surface area (Å²) in [5.41, 5.74) is 5.59. The molecule has 1 aromatic heterocycles. The lowest BCUT2D eigenvalue weighted by Gasteiger charge is -2.21. The number of anilines is 1. The molecule has 1 saturated heterocycles. The summed E-state index contributed by atoms with van der Waals surface area (Å²) in [7, 11) is 3.55. The molecule has 1 fully saturated rings. The van der Waals surface area contributed by atoms with Gasteiger partial charge in [-0.1, -0.05) is 30.3 Å². The van der Waals surface area contributed by atoms with Crippen LogP contribution < -0.4 is 20.3 Å². The highest BCUT2D eigenvalue weighted by molar-refractivity contribution is 5.79. The third-order valence-corrected chi connectivity index (χ3v) is 6.17. The van der Waals surface area contributed by atoms with Gasteiger partial charge in [0.1, 0.15) is 5.75 Å². The zero-order valence-corrected chi connectivity index (χ0v) is 20.0. The number of nitrogens with one attached hydrogen (secondary N) is 2. The Balaban J connectivity index is 1.33. The van der Waals surface area contributed by atoms with Crippen molar-refractivity contribution in [2.45, 2.75) is 26.8 Å². The molecule has 2 N–H and O–H groups in total. The van der Waals surface area contributed by atoms with E-state index < -0.39 is 0 Å². The molecule has 7 nitrogen and oxygen atoms in total. The lowest BCUT2D eigenvalue weighted by Crippen LogP contribution is -2.40. The van der Waals surface area contributed by atoms with E-state index in [1.807, 2.05) is 30.8 Å². The second kappa shape index (κ2) is 10.4. The van der Waals surface area contributed by atoms with E-state index in [2.05, 4.69) is 75.0 Å². The van der Waals surface area contributed by atoms with Gasteiger partial charge in [0, 0.05) is 38.9 Å². The highest BCUT2D eigenvalue weighted by Gasteiger charge is 2.24. The van der Waals surface area contributed by atoms with Gasteiger partial charge in [0.15, 0.2) is 5.96 Å². The average Bonchev–Trinajstić information content (AvgIpc) is 3.45. The number of benzene rings is 2. The molecule has 0 bridgehead atoms. The Hall–Kier alpha value is -3.48. The van der Waals surface area contributed by atoms with Crippen molar-refractivity contribution in [2.75, 3.05) is 38.7 Å². The maximum Gasteiger partial charge on any atom is 0.191 e. The number of aliphatic imine (C=N–C) groups is 1. The van der Waals surface area contributed by atoms with Crippen molar-refractivity contribution in [3.8, 4) is 11.4 Å². The van der Waals surface area contributed by atoms with E-state index in [0.29, 0.717) is 12.5 Å². The third-order valence-electron chi connectivity index (χ3n) is 6.17. The van der Waals surface area contributed by atoms with E-state index in [1.165, 1.54) is 11.3 Å². The third kappa shape index (κ3) is 5.30. The molecule has 4 rings (SSSR count). The molecule has 174 valence electrons. The minimum Gasteiger partial charge on any atom is -0.495 e. The first-order chi connectivity index (χ1) is 16.1. The molecule has 0 aliphatic carbocycles. The highest BCUT2D eigenvalue weighted by Crippen LogP contribution is 2.31. The topological polar surface area (TPSA) is 66.7 Å². The summed E-state index contributed by atoms with van der Waals surface area (Å²) >= 11 is 0. The Kier molecular flexibility index (Phi) is 7.17. The standard InChI is InChI=1S/C26H34N6O/c1-19-15-20(2)32(30-19)23-10-6-5-9-22(23)17-29-26(27-3)28-16-21-13-14-31(18-21)24-11-7-8-12-25(24)33-4/h5-12,15,21H,13-14,16-18H2,1-4H3,(H2,27,28,29). The second-order valence-corrected chi connectivity index (χ2v) is 8.55. The number of nitrogens with zero attached hydrogens (tertiary/aromatic N) is 4. The van der Waals surface area contributed by atoms with E-state index >= 15 is 0 Å². The smallest absolute Gasteiger partial charge is 0.191 e. The van der Waals surface area contributed by atoms with Crippen molar-refractivity contribution in [3.05, 3.63) is 71.5 Å². The van der Waals surface area contributed by atoms with Crippen molar-refractivity contribution >= 4 is 11.6 Å². The quantitative estimate of drug-likeness (QED) is 0.428. The Labute approximate surface area is 196 Å². The van der Waals surface area contributed by atoms with Gasteiger partial charge in [0.05, 0.1) is 24.2 Å². The lowest BCUT2D eigenvalue weighted by atomic mass is 10.1. The minimum atomic E-state index is 0.551. The number of hydrogen-bond acceptors (Lipinski definition) is 4. The van der Waals surface area contributed by atoms with Gasteiger partial charge in [-0.05, 0) is 56.0 Å². The predicted molar refractivity (Wildman–Crippen MR) is 135 cm³/mol. The molecule has 2 heterocycles. The van der Waals surface area contributed by atoms with Crippen LogP contribution in [-0.4, -0.2) is 49.5 Å². The number of ether oxygens (including phenoxy) is 1. The molecule has 33 heavy (non-hydrogen) atoms. The van der Waals surface area contributed by atoms with Gasteiger partial charge >= 0.3 is 0 Å². The van der Waals surface area contributed by atoms with E-state index in [1.54, 1.807) is 7.11 Å². The van der Waals surface area contributed by atoms with Gasteiger partial charge in [-0.2, -0.15) is 5.10 Å². The fourth-order valence-corrected chi connectivity index (χ4v) is 4.49. The van der Waals surface area contributed by atoms with Crippen LogP contribution >= 0.6 is 0 Å². The minimum absolute atomic E-state index is 0.551. The Morgan fingerprint density at radius 3 is 2.58 bits per heavy atom. The molecule has 2 aromatic carbocycles. The SMILES string of the molecule is CN=C(NCc1ccccc1-n1nc(C)cc1C)NCC1CCN(c2ccccc2OC)C1. The average molecular weight is 447 g/mol. The summed E-state index contributed by atoms with van der Waals surface area (Å²) in [4.78, 5) is 6.84. The fraction of sp³-hybridized carbons (Fsp3) is 0.385. The van der Waals surface area contributed by atoms with Crippen LogP contribution in [0.1, 0.15) is 23.4 Å². The van der Waals surface area contributed by atoms with Gasteiger partial charge in [0.2, 0.25) is 0 Å². The van der Waals surface area contributed by atoms with Gasteiger partial charge in [-0.25, -0.2) is 4.68 Å². The lowest BCUT2D eigenvalue weighted by molar-refractivity contribution is 0.414. The van der Waals surface area contributed by atoms with Crippen LogP contribution in [-0.2, 0) is 6.54 Å². The molecule has 0 spiro atoms. The zero-order valence-electron chi connectivity index (χ0n) is 20.0. The van der Waals surface area contributed by atoms with Crippen molar-refractivity contribution in [1.82, 2.24) is 20.4 Å². The van der Waals surface area contributed by atoms with Crippen molar-refractivity contribution < 1.29 is 4.74 Å². The molecule has 1 unspecified atom stereocenters. The van der Waals surface area contributed by atoms with E-state index in [9.17, 15) is 0 Å². The number of rotatable bonds is 7. The summed E-state index contributed by atoms with van der Waals surface area (Å²) < 4.78 is 7.55. The van der Waals surface area contributed by atoms with Crippen LogP contribution in [0.2, 0.25) is 0 Å². The molecule has 3 aromatic rings. The van der Waals surface area contributed by atoms with Crippen LogP contribution in [0.25, 0.3) is 5.69 Å². The van der Waals surface area contributed by atoms with E-state index in [-0.39, 0.29) is 0 Å². The van der Waals surface area contributed by atoms with Crippen molar-refractivity contribution in [3.63, 3.8) is 0 Å². The molecule has 1 aliphatic heterocycles. The summed E-state index contributed by atoms with van der Waals surface area (Å²) in [6, 6.07) is 18.7. The number of methoxy groups -OCH3 is 1. The Morgan fingerprint density at radius 2 is 1.85 bits per heavy atom. The van der Waals surface area contributed by atoms with Gasteiger partial charge < -0.3 is 20.3 Å².